The maximum Gasteiger partial charge on any atom is 0.147 e. The van der Waals surface area contributed by atoms with Crippen molar-refractivity contribution in [1.29, 1.82) is 0 Å². The quantitative estimate of drug-likeness (QED) is 0.643. The summed E-state index contributed by atoms with van der Waals surface area (Å²) in [5, 5.41) is 3.07. The van der Waals surface area contributed by atoms with Gasteiger partial charge in [0.2, 0.25) is 0 Å². The van der Waals surface area contributed by atoms with E-state index in [9.17, 15) is 8.42 Å². The van der Waals surface area contributed by atoms with Gasteiger partial charge in [0.05, 0.1) is 6.61 Å². The van der Waals surface area contributed by atoms with Gasteiger partial charge in [0.1, 0.15) is 9.84 Å². The highest BCUT2D eigenvalue weighted by Crippen LogP contribution is 1.99. The van der Waals surface area contributed by atoms with Gasteiger partial charge < -0.3 is 10.1 Å². The van der Waals surface area contributed by atoms with Crippen LogP contribution in [0.4, 0.5) is 0 Å². The molecule has 13 heavy (non-hydrogen) atoms. The van der Waals surface area contributed by atoms with Gasteiger partial charge in [-0.25, -0.2) is 8.42 Å². The molecule has 0 fully saturated rings. The van der Waals surface area contributed by atoms with Crippen LogP contribution in [0.5, 0.6) is 0 Å². The Morgan fingerprint density at radius 3 is 2.46 bits per heavy atom. The molecule has 0 amide bonds. The third-order valence-corrected chi connectivity index (χ3v) is 2.87. The lowest BCUT2D eigenvalue weighted by molar-refractivity contribution is 0.165. The van der Waals surface area contributed by atoms with E-state index in [-0.39, 0.29) is 11.8 Å². The number of rotatable bonds is 7. The highest BCUT2D eigenvalue weighted by atomic mass is 32.2. The summed E-state index contributed by atoms with van der Waals surface area (Å²) in [5.41, 5.74) is 0. The van der Waals surface area contributed by atoms with E-state index < -0.39 is 9.84 Å². The lowest BCUT2D eigenvalue weighted by Gasteiger charge is -2.13. The summed E-state index contributed by atoms with van der Waals surface area (Å²) in [6.07, 6.45) is 2.78. The van der Waals surface area contributed by atoms with E-state index in [1.54, 1.807) is 7.11 Å². The SMILES string of the molecule is CNC(CCCS(C)(=O)=O)COC. The van der Waals surface area contributed by atoms with Crippen molar-refractivity contribution < 1.29 is 13.2 Å². The zero-order valence-electron chi connectivity index (χ0n) is 8.54. The van der Waals surface area contributed by atoms with Gasteiger partial charge in [0.15, 0.2) is 0 Å². The molecule has 0 rings (SSSR count). The number of likely N-dealkylation sites (N-methyl/N-ethyl adjacent to an activating group) is 1. The topological polar surface area (TPSA) is 55.4 Å². The first-order valence-electron chi connectivity index (χ1n) is 4.33. The highest BCUT2D eigenvalue weighted by Gasteiger charge is 2.07. The van der Waals surface area contributed by atoms with Gasteiger partial charge in [0, 0.05) is 25.2 Å². The Hall–Kier alpha value is -0.130. The second-order valence-corrected chi connectivity index (χ2v) is 5.47. The third kappa shape index (κ3) is 8.21. The second-order valence-electron chi connectivity index (χ2n) is 3.21. The highest BCUT2D eigenvalue weighted by molar-refractivity contribution is 7.90. The van der Waals surface area contributed by atoms with E-state index in [1.807, 2.05) is 7.05 Å². The number of ether oxygens (including phenoxy) is 1. The molecule has 0 aromatic rings. The van der Waals surface area contributed by atoms with Crippen molar-refractivity contribution in [3.05, 3.63) is 0 Å². The molecular weight excluding hydrogens is 190 g/mol. The van der Waals surface area contributed by atoms with Gasteiger partial charge in [-0.1, -0.05) is 0 Å². The van der Waals surface area contributed by atoms with Gasteiger partial charge in [-0.05, 0) is 19.9 Å². The van der Waals surface area contributed by atoms with Crippen molar-refractivity contribution in [2.24, 2.45) is 0 Å². The summed E-state index contributed by atoms with van der Waals surface area (Å²) in [5.74, 6) is 0.259. The van der Waals surface area contributed by atoms with Crippen molar-refractivity contribution in [1.82, 2.24) is 5.32 Å². The average Bonchev–Trinajstić information content (AvgIpc) is 2.01. The van der Waals surface area contributed by atoms with Crippen LogP contribution in [0.1, 0.15) is 12.8 Å². The van der Waals surface area contributed by atoms with Crippen LogP contribution in [0, 0.1) is 0 Å². The number of hydrogen-bond donors (Lipinski definition) is 1. The molecule has 0 saturated heterocycles. The van der Waals surface area contributed by atoms with Crippen LogP contribution in [-0.2, 0) is 14.6 Å². The van der Waals surface area contributed by atoms with Gasteiger partial charge in [0.25, 0.3) is 0 Å². The van der Waals surface area contributed by atoms with Gasteiger partial charge in [-0.3, -0.25) is 0 Å². The van der Waals surface area contributed by atoms with Crippen LogP contribution in [0.2, 0.25) is 0 Å². The molecule has 1 N–H and O–H groups in total. The Morgan fingerprint density at radius 1 is 1.46 bits per heavy atom. The maximum absolute atomic E-state index is 10.8. The number of sulfone groups is 1. The Bertz CT molecular complexity index is 213. The minimum absolute atomic E-state index is 0.256. The fraction of sp³-hybridized carbons (Fsp3) is 1.00. The van der Waals surface area contributed by atoms with Crippen molar-refractivity contribution in [3.8, 4) is 0 Å². The normalized spacial score (nSPS) is 14.4. The number of methoxy groups -OCH3 is 1. The summed E-state index contributed by atoms with van der Waals surface area (Å²) in [4.78, 5) is 0. The summed E-state index contributed by atoms with van der Waals surface area (Å²) >= 11 is 0. The smallest absolute Gasteiger partial charge is 0.147 e. The van der Waals surface area contributed by atoms with E-state index in [0.717, 1.165) is 6.42 Å². The van der Waals surface area contributed by atoms with Crippen LogP contribution >= 0.6 is 0 Å². The molecule has 0 aliphatic rings. The molecular formula is C8H19NO3S. The van der Waals surface area contributed by atoms with E-state index in [2.05, 4.69) is 5.32 Å². The first kappa shape index (κ1) is 12.9. The predicted molar refractivity (Wildman–Crippen MR) is 53.7 cm³/mol. The fourth-order valence-corrected chi connectivity index (χ4v) is 1.80. The Balaban J connectivity index is 3.61. The van der Waals surface area contributed by atoms with E-state index in [4.69, 9.17) is 4.74 Å². The van der Waals surface area contributed by atoms with Crippen LogP contribution in [0.25, 0.3) is 0 Å². The molecule has 5 heteroatoms. The maximum atomic E-state index is 10.8. The number of nitrogens with one attached hydrogen (secondary N) is 1. The standard InChI is InChI=1S/C8H19NO3S/c1-9-8(7-12-2)5-4-6-13(3,10)11/h8-9H,4-7H2,1-3H3. The lowest BCUT2D eigenvalue weighted by Crippen LogP contribution is -2.30. The first-order valence-corrected chi connectivity index (χ1v) is 6.39. The van der Waals surface area contributed by atoms with Gasteiger partial charge in [-0.15, -0.1) is 0 Å². The van der Waals surface area contributed by atoms with Crippen molar-refractivity contribution in [2.45, 2.75) is 18.9 Å². The van der Waals surface area contributed by atoms with Crippen LogP contribution in [0.3, 0.4) is 0 Å². The Labute approximate surface area is 80.6 Å². The van der Waals surface area contributed by atoms with Crippen LogP contribution in [-0.4, -0.2) is 47.2 Å². The van der Waals surface area contributed by atoms with Crippen LogP contribution in [0.15, 0.2) is 0 Å². The molecule has 0 bridgehead atoms. The first-order chi connectivity index (χ1) is 5.99. The Kier molecular flexibility index (Phi) is 6.28. The summed E-state index contributed by atoms with van der Waals surface area (Å²) < 4.78 is 26.6. The van der Waals surface area contributed by atoms with Gasteiger partial charge >= 0.3 is 0 Å². The van der Waals surface area contributed by atoms with Crippen molar-refractivity contribution in [2.75, 3.05) is 32.8 Å². The van der Waals surface area contributed by atoms with Gasteiger partial charge in [-0.2, -0.15) is 0 Å². The molecule has 0 heterocycles. The second kappa shape index (κ2) is 6.34. The molecule has 0 aliphatic heterocycles. The molecule has 0 aliphatic carbocycles. The molecule has 0 radical (unpaired) electrons. The molecule has 0 aromatic heterocycles. The summed E-state index contributed by atoms with van der Waals surface area (Å²) in [6, 6.07) is 0.256. The minimum atomic E-state index is -2.81. The van der Waals surface area contributed by atoms with E-state index in [1.165, 1.54) is 6.26 Å². The molecule has 0 saturated carbocycles. The average molecular weight is 209 g/mol. The fourth-order valence-electron chi connectivity index (χ4n) is 1.10. The molecule has 80 valence electrons. The van der Waals surface area contributed by atoms with E-state index >= 15 is 0 Å². The zero-order chi connectivity index (χ0) is 10.3. The van der Waals surface area contributed by atoms with Crippen LogP contribution < -0.4 is 5.32 Å². The molecule has 0 aromatic carbocycles. The molecule has 4 nitrogen and oxygen atoms in total. The predicted octanol–water partition coefficient (Wildman–Crippen LogP) is 0.0456. The third-order valence-electron chi connectivity index (χ3n) is 1.84. The largest absolute Gasteiger partial charge is 0.383 e. The van der Waals surface area contributed by atoms with E-state index in [0.29, 0.717) is 13.0 Å². The minimum Gasteiger partial charge on any atom is -0.383 e. The molecule has 1 atom stereocenters. The molecule has 0 spiro atoms. The monoisotopic (exact) mass is 209 g/mol. The Morgan fingerprint density at radius 2 is 2.08 bits per heavy atom. The lowest BCUT2D eigenvalue weighted by atomic mass is 10.2. The zero-order valence-corrected chi connectivity index (χ0v) is 9.36. The number of hydrogen-bond acceptors (Lipinski definition) is 4. The summed E-state index contributed by atoms with van der Waals surface area (Å²) in [6.45, 7) is 0.625. The van der Waals surface area contributed by atoms with Crippen molar-refractivity contribution >= 4 is 9.84 Å². The summed E-state index contributed by atoms with van der Waals surface area (Å²) in [7, 11) is 0.680. The molecule has 1 unspecified atom stereocenters. The van der Waals surface area contributed by atoms with Crippen molar-refractivity contribution in [3.63, 3.8) is 0 Å².